The van der Waals surface area contributed by atoms with Crippen LogP contribution in [0, 0.1) is 5.82 Å². The number of anilines is 1. The third-order valence-electron chi connectivity index (χ3n) is 2.60. The van der Waals surface area contributed by atoms with Gasteiger partial charge in [-0.2, -0.15) is 0 Å². The molecule has 0 N–H and O–H groups in total. The summed E-state index contributed by atoms with van der Waals surface area (Å²) < 4.78 is 12.7. The van der Waals surface area contributed by atoms with Crippen molar-refractivity contribution >= 4 is 17.6 Å². The van der Waals surface area contributed by atoms with Crippen molar-refractivity contribution < 1.29 is 4.39 Å². The molecule has 0 saturated carbocycles. The van der Waals surface area contributed by atoms with Gasteiger partial charge in [-0.05, 0) is 42.0 Å². The van der Waals surface area contributed by atoms with Gasteiger partial charge in [-0.15, -0.1) is 0 Å². The third kappa shape index (κ3) is 3.17. The molecule has 2 nitrogen and oxygen atoms in total. The van der Waals surface area contributed by atoms with Gasteiger partial charge in [0.05, 0.1) is 5.69 Å². The van der Waals surface area contributed by atoms with E-state index >= 15 is 0 Å². The van der Waals surface area contributed by atoms with Crippen LogP contribution in [-0.4, -0.2) is 20.3 Å². The van der Waals surface area contributed by atoms with Crippen molar-refractivity contribution in [2.24, 2.45) is 4.99 Å². The maximum Gasteiger partial charge on any atom is 0.123 e. The first-order chi connectivity index (χ1) is 8.65. The highest BCUT2D eigenvalue weighted by Crippen LogP contribution is 2.17. The van der Waals surface area contributed by atoms with E-state index in [1.165, 1.54) is 12.1 Å². The van der Waals surface area contributed by atoms with Gasteiger partial charge < -0.3 is 4.90 Å². The minimum Gasteiger partial charge on any atom is -0.378 e. The van der Waals surface area contributed by atoms with Gasteiger partial charge >= 0.3 is 0 Å². The van der Waals surface area contributed by atoms with Crippen LogP contribution in [0.4, 0.5) is 15.8 Å². The largest absolute Gasteiger partial charge is 0.378 e. The summed E-state index contributed by atoms with van der Waals surface area (Å²) in [5.41, 5.74) is 2.90. The summed E-state index contributed by atoms with van der Waals surface area (Å²) in [5, 5.41) is 0. The predicted molar refractivity (Wildman–Crippen MR) is 74.4 cm³/mol. The second-order valence-corrected chi connectivity index (χ2v) is 4.22. The molecule has 0 spiro atoms. The van der Waals surface area contributed by atoms with Crippen molar-refractivity contribution in [2.75, 3.05) is 19.0 Å². The molecule has 0 heterocycles. The molecule has 92 valence electrons. The molecule has 0 aliphatic carbocycles. The van der Waals surface area contributed by atoms with Gasteiger partial charge in [-0.1, -0.05) is 12.1 Å². The zero-order valence-electron chi connectivity index (χ0n) is 10.5. The van der Waals surface area contributed by atoms with E-state index in [0.29, 0.717) is 0 Å². The normalized spacial score (nSPS) is 10.8. The highest BCUT2D eigenvalue weighted by atomic mass is 18.2. The molecule has 0 unspecified atom stereocenters. The Balaban J connectivity index is 2.11. The Hall–Kier alpha value is -2.16. The first-order valence-corrected chi connectivity index (χ1v) is 5.72. The Labute approximate surface area is 106 Å². The number of halogens is 1. The fourth-order valence-electron chi connectivity index (χ4n) is 1.53. The van der Waals surface area contributed by atoms with Crippen LogP contribution in [0.5, 0.6) is 0 Å². The lowest BCUT2D eigenvalue weighted by Gasteiger charge is -2.11. The molecule has 2 aromatic rings. The van der Waals surface area contributed by atoms with Crippen molar-refractivity contribution in [1.82, 2.24) is 0 Å². The highest BCUT2D eigenvalue weighted by molar-refractivity contribution is 5.81. The molecular weight excluding hydrogens is 226 g/mol. The van der Waals surface area contributed by atoms with Crippen molar-refractivity contribution in [3.05, 3.63) is 59.9 Å². The Morgan fingerprint density at radius 3 is 2.11 bits per heavy atom. The Morgan fingerprint density at radius 1 is 0.944 bits per heavy atom. The molecule has 0 bridgehead atoms. The van der Waals surface area contributed by atoms with Crippen LogP contribution >= 0.6 is 0 Å². The first-order valence-electron chi connectivity index (χ1n) is 5.72. The minimum absolute atomic E-state index is 0.234. The van der Waals surface area contributed by atoms with Crippen LogP contribution in [0.25, 0.3) is 0 Å². The van der Waals surface area contributed by atoms with E-state index < -0.39 is 0 Å². The van der Waals surface area contributed by atoms with Crippen LogP contribution < -0.4 is 4.90 Å². The summed E-state index contributed by atoms with van der Waals surface area (Å²) in [5.74, 6) is -0.234. The molecule has 3 heteroatoms. The fourth-order valence-corrected chi connectivity index (χ4v) is 1.53. The van der Waals surface area contributed by atoms with Gasteiger partial charge in [0.1, 0.15) is 5.82 Å². The van der Waals surface area contributed by atoms with E-state index in [2.05, 4.69) is 4.99 Å². The zero-order valence-corrected chi connectivity index (χ0v) is 10.5. The molecule has 0 atom stereocenters. The molecule has 0 radical (unpaired) electrons. The number of aliphatic imine (C=N–C) groups is 1. The SMILES string of the molecule is CN(C)c1ccc(N=Cc2ccc([18F])cc2)cc1. The molecule has 2 rings (SSSR count). The molecule has 0 saturated heterocycles. The van der Waals surface area contributed by atoms with Crippen molar-refractivity contribution in [2.45, 2.75) is 0 Å². The second-order valence-electron chi connectivity index (χ2n) is 4.22. The Bertz CT molecular complexity index is 527. The molecular formula is C15H15FN2. The summed E-state index contributed by atoms with van der Waals surface area (Å²) in [7, 11) is 3.99. The maximum absolute atomic E-state index is 12.7. The fraction of sp³-hybridized carbons (Fsp3) is 0.133. The predicted octanol–water partition coefficient (Wildman–Crippen LogP) is 3.64. The third-order valence-corrected chi connectivity index (χ3v) is 2.60. The van der Waals surface area contributed by atoms with Crippen molar-refractivity contribution in [1.29, 1.82) is 0 Å². The van der Waals surface area contributed by atoms with E-state index in [1.807, 2.05) is 43.3 Å². The lowest BCUT2D eigenvalue weighted by Crippen LogP contribution is -2.07. The topological polar surface area (TPSA) is 15.6 Å². The van der Waals surface area contributed by atoms with Crippen molar-refractivity contribution in [3.8, 4) is 0 Å². The summed E-state index contributed by atoms with van der Waals surface area (Å²) in [6.45, 7) is 0. The standard InChI is InChI=1S/C15H15FN2/c1-18(2)15-9-7-14(8-10-15)17-11-12-3-5-13(16)6-4-12/h3-11H,1-2H3/i16-1. The molecule has 18 heavy (non-hydrogen) atoms. The molecule has 0 aromatic heterocycles. The van der Waals surface area contributed by atoms with Gasteiger partial charge in [0.15, 0.2) is 0 Å². The van der Waals surface area contributed by atoms with Gasteiger partial charge in [0, 0.05) is 26.0 Å². The summed E-state index contributed by atoms with van der Waals surface area (Å²) >= 11 is 0. The van der Waals surface area contributed by atoms with E-state index in [0.717, 1.165) is 16.9 Å². The number of benzene rings is 2. The molecule has 0 aliphatic heterocycles. The molecule has 0 fully saturated rings. The van der Waals surface area contributed by atoms with E-state index in [-0.39, 0.29) is 5.82 Å². The van der Waals surface area contributed by atoms with Gasteiger partial charge in [0.2, 0.25) is 0 Å². The van der Waals surface area contributed by atoms with Crippen LogP contribution in [-0.2, 0) is 0 Å². The zero-order chi connectivity index (χ0) is 13.0. The average molecular weight is 241 g/mol. The number of rotatable bonds is 3. The van der Waals surface area contributed by atoms with Crippen LogP contribution in [0.15, 0.2) is 53.5 Å². The monoisotopic (exact) mass is 241 g/mol. The van der Waals surface area contributed by atoms with Gasteiger partial charge in [0.25, 0.3) is 0 Å². The Morgan fingerprint density at radius 2 is 1.56 bits per heavy atom. The van der Waals surface area contributed by atoms with Gasteiger partial charge in [-0.3, -0.25) is 4.99 Å². The maximum atomic E-state index is 12.7. The Kier molecular flexibility index (Phi) is 3.72. The van der Waals surface area contributed by atoms with Crippen LogP contribution in [0.1, 0.15) is 5.56 Å². The number of hydrogen-bond acceptors (Lipinski definition) is 2. The second kappa shape index (κ2) is 5.45. The summed E-state index contributed by atoms with van der Waals surface area (Å²) in [6, 6.07) is 14.2. The smallest absolute Gasteiger partial charge is 0.123 e. The summed E-state index contributed by atoms with van der Waals surface area (Å²) in [4.78, 5) is 6.38. The molecule has 0 aliphatic rings. The lowest BCUT2D eigenvalue weighted by atomic mass is 10.2. The highest BCUT2D eigenvalue weighted by Gasteiger charge is 1.94. The summed E-state index contributed by atoms with van der Waals surface area (Å²) in [6.07, 6.45) is 1.73. The number of nitrogens with zero attached hydrogens (tertiary/aromatic N) is 2. The quantitative estimate of drug-likeness (QED) is 0.749. The first kappa shape index (κ1) is 12.3. The van der Waals surface area contributed by atoms with E-state index in [9.17, 15) is 4.39 Å². The average Bonchev–Trinajstić information content (AvgIpc) is 2.38. The number of hydrogen-bond donors (Lipinski definition) is 0. The van der Waals surface area contributed by atoms with Crippen molar-refractivity contribution in [3.63, 3.8) is 0 Å². The molecule has 0 amide bonds. The minimum atomic E-state index is -0.234. The van der Waals surface area contributed by atoms with E-state index in [4.69, 9.17) is 0 Å². The van der Waals surface area contributed by atoms with Crippen LogP contribution in [0.2, 0.25) is 0 Å². The van der Waals surface area contributed by atoms with Crippen LogP contribution in [0.3, 0.4) is 0 Å². The lowest BCUT2D eigenvalue weighted by molar-refractivity contribution is 0.628. The molecule has 2 aromatic carbocycles. The van der Waals surface area contributed by atoms with Gasteiger partial charge in [-0.25, -0.2) is 4.39 Å². The van der Waals surface area contributed by atoms with E-state index in [1.54, 1.807) is 18.3 Å².